The normalized spacial score (nSPS) is 50.2. The predicted octanol–water partition coefficient (Wildman–Crippen LogP) is -9.61. The number of amides is 1. The SMILES string of the molecule is CC(=O)N[C@H]1[C@H](O[C@H]2[C@@H](O)[C@@H](CO)O[C@@H](O[C@H]3[C@H](O)[C@@H](O)C(O)O[C@@H]3CO)[C@@H]2O)O[C@H](CO)[C@H](O)[C@@H]1O[C@@H]1O[C@H](CO)[C@H](O)[C@H](O)[C@H]1O. The summed E-state index contributed by atoms with van der Waals surface area (Å²) in [5.41, 5.74) is 0. The number of hydrogen-bond donors (Lipinski definition) is 14. The zero-order valence-corrected chi connectivity index (χ0v) is 25.5. The lowest BCUT2D eigenvalue weighted by Crippen LogP contribution is -2.70. The van der Waals surface area contributed by atoms with Crippen LogP contribution in [0.2, 0.25) is 0 Å². The van der Waals surface area contributed by atoms with Crippen molar-refractivity contribution in [2.75, 3.05) is 26.4 Å². The Morgan fingerprint density at radius 3 is 1.50 bits per heavy atom. The number of aliphatic hydroxyl groups is 13. The molecule has 4 fully saturated rings. The Morgan fingerprint density at radius 2 is 0.958 bits per heavy atom. The molecule has 1 unspecified atom stereocenters. The largest absolute Gasteiger partial charge is 0.394 e. The van der Waals surface area contributed by atoms with Crippen molar-refractivity contribution in [3.05, 3.63) is 0 Å². The molecule has 4 heterocycles. The highest BCUT2D eigenvalue weighted by molar-refractivity contribution is 5.73. The van der Waals surface area contributed by atoms with Crippen LogP contribution in [0, 0.1) is 0 Å². The smallest absolute Gasteiger partial charge is 0.217 e. The lowest BCUT2D eigenvalue weighted by Gasteiger charge is -2.50. The molecule has 0 saturated carbocycles. The summed E-state index contributed by atoms with van der Waals surface area (Å²) >= 11 is 0. The number of rotatable bonds is 11. The summed E-state index contributed by atoms with van der Waals surface area (Å²) in [7, 11) is 0. The maximum Gasteiger partial charge on any atom is 0.217 e. The van der Waals surface area contributed by atoms with Crippen LogP contribution in [0.3, 0.4) is 0 Å². The third-order valence-corrected chi connectivity index (χ3v) is 8.61. The highest BCUT2D eigenvalue weighted by Crippen LogP contribution is 2.34. The van der Waals surface area contributed by atoms with Crippen LogP contribution in [0.25, 0.3) is 0 Å². The second-order valence-corrected chi connectivity index (χ2v) is 11.9. The van der Waals surface area contributed by atoms with Crippen molar-refractivity contribution in [3.8, 4) is 0 Å². The molecule has 0 aromatic carbocycles. The number of hydrogen-bond acceptors (Lipinski definition) is 21. The van der Waals surface area contributed by atoms with E-state index in [9.17, 15) is 71.2 Å². The Hall–Kier alpha value is -1.33. The highest BCUT2D eigenvalue weighted by atomic mass is 16.8. The minimum Gasteiger partial charge on any atom is -0.394 e. The van der Waals surface area contributed by atoms with Gasteiger partial charge in [0.25, 0.3) is 0 Å². The first-order valence-electron chi connectivity index (χ1n) is 15.1. The second kappa shape index (κ2) is 16.8. The van der Waals surface area contributed by atoms with E-state index in [4.69, 9.17) is 33.2 Å². The van der Waals surface area contributed by atoms with E-state index < -0.39 is 155 Å². The number of nitrogens with one attached hydrogen (secondary N) is 1. The third kappa shape index (κ3) is 8.08. The maximum absolute atomic E-state index is 12.3. The number of carbonyl (C=O) groups is 1. The van der Waals surface area contributed by atoms with Gasteiger partial charge in [-0.15, -0.1) is 0 Å². The van der Waals surface area contributed by atoms with Gasteiger partial charge in [0, 0.05) is 6.92 Å². The van der Waals surface area contributed by atoms with Gasteiger partial charge >= 0.3 is 0 Å². The van der Waals surface area contributed by atoms with E-state index in [0.29, 0.717) is 0 Å². The summed E-state index contributed by atoms with van der Waals surface area (Å²) in [6.45, 7) is -2.41. The van der Waals surface area contributed by atoms with Crippen LogP contribution >= 0.6 is 0 Å². The molecule has 22 nitrogen and oxygen atoms in total. The molecule has 0 bridgehead atoms. The molecule has 4 saturated heterocycles. The van der Waals surface area contributed by atoms with Gasteiger partial charge in [-0.05, 0) is 0 Å². The van der Waals surface area contributed by atoms with Crippen molar-refractivity contribution in [2.24, 2.45) is 0 Å². The predicted molar refractivity (Wildman–Crippen MR) is 145 cm³/mol. The Balaban J connectivity index is 1.61. The Bertz CT molecular complexity index is 1030. The zero-order chi connectivity index (χ0) is 35.6. The molecule has 1 amide bonds. The van der Waals surface area contributed by atoms with Gasteiger partial charge in [0.1, 0.15) is 97.6 Å². The lowest BCUT2D eigenvalue weighted by molar-refractivity contribution is -0.379. The molecule has 20 atom stereocenters. The molecule has 0 radical (unpaired) electrons. The highest BCUT2D eigenvalue weighted by Gasteiger charge is 2.55. The Labute approximate surface area is 272 Å². The van der Waals surface area contributed by atoms with Crippen molar-refractivity contribution in [1.82, 2.24) is 5.32 Å². The van der Waals surface area contributed by atoms with E-state index in [-0.39, 0.29) is 0 Å². The minimum atomic E-state index is -2.04. The fourth-order valence-corrected chi connectivity index (χ4v) is 5.94. The molecule has 0 aliphatic carbocycles. The number of aliphatic hydroxyl groups excluding tert-OH is 13. The number of carbonyl (C=O) groups excluding carboxylic acids is 1. The van der Waals surface area contributed by atoms with Crippen LogP contribution in [0.5, 0.6) is 0 Å². The summed E-state index contributed by atoms with van der Waals surface area (Å²) in [6.07, 6.45) is -33.8. The number of ether oxygens (including phenoxy) is 7. The monoisotopic (exact) mass is 707 g/mol. The van der Waals surface area contributed by atoms with E-state index in [1.807, 2.05) is 0 Å². The van der Waals surface area contributed by atoms with E-state index in [2.05, 4.69) is 5.32 Å². The fraction of sp³-hybridized carbons (Fsp3) is 0.962. The quantitative estimate of drug-likeness (QED) is 0.0947. The molecule has 0 aromatic heterocycles. The van der Waals surface area contributed by atoms with Gasteiger partial charge < -0.3 is 105 Å². The van der Waals surface area contributed by atoms with Gasteiger partial charge in [-0.25, -0.2) is 0 Å². The van der Waals surface area contributed by atoms with E-state index in [1.165, 1.54) is 0 Å². The standard InChI is InChI=1S/C26H45NO21/c1-6(32)27-11-21(47-25-18(39)15(36)12(33)7(2-28)44-25)13(34)8(3-29)43-24(11)48-22-14(35)9(4-30)45-26(19(22)40)46-20-10(5-31)42-23(41)17(38)16(20)37/h7-26,28-31,33-41H,2-5H2,1H3,(H,27,32)/t7-,8-,9-,10-,11-,12+,13+,14+,15+,16-,17-,18-,19-,20-,21-,22+,23?,24+,25+,26+/m1/s1. The van der Waals surface area contributed by atoms with Crippen LogP contribution in [0.15, 0.2) is 0 Å². The molecule has 4 rings (SSSR count). The fourth-order valence-electron chi connectivity index (χ4n) is 5.94. The summed E-state index contributed by atoms with van der Waals surface area (Å²) < 4.78 is 38.7. The van der Waals surface area contributed by atoms with Crippen LogP contribution in [-0.2, 0) is 38.0 Å². The molecule has 0 spiro atoms. The van der Waals surface area contributed by atoms with E-state index >= 15 is 0 Å². The molecule has 48 heavy (non-hydrogen) atoms. The molecular formula is C26H45NO21. The summed E-state index contributed by atoms with van der Waals surface area (Å²) in [4.78, 5) is 12.3. The van der Waals surface area contributed by atoms with Crippen LogP contribution < -0.4 is 5.32 Å². The molecule has 4 aliphatic rings. The molecule has 22 heteroatoms. The van der Waals surface area contributed by atoms with Crippen molar-refractivity contribution < 1.29 is 104 Å². The third-order valence-electron chi connectivity index (χ3n) is 8.61. The molecule has 280 valence electrons. The Morgan fingerprint density at radius 1 is 0.500 bits per heavy atom. The van der Waals surface area contributed by atoms with Crippen LogP contribution in [-0.4, -0.2) is 221 Å². The summed E-state index contributed by atoms with van der Waals surface area (Å²) in [5.74, 6) is -0.765. The van der Waals surface area contributed by atoms with Crippen molar-refractivity contribution >= 4 is 5.91 Å². The van der Waals surface area contributed by atoms with Gasteiger partial charge in [-0.3, -0.25) is 4.79 Å². The second-order valence-electron chi connectivity index (χ2n) is 11.9. The topological polar surface area (TPSA) is 357 Å². The van der Waals surface area contributed by atoms with Gasteiger partial charge in [0.15, 0.2) is 25.2 Å². The average molecular weight is 708 g/mol. The van der Waals surface area contributed by atoms with E-state index in [1.54, 1.807) is 0 Å². The van der Waals surface area contributed by atoms with Gasteiger partial charge in [0.05, 0.1) is 26.4 Å². The van der Waals surface area contributed by atoms with Crippen LogP contribution in [0.4, 0.5) is 0 Å². The molecule has 0 aromatic rings. The van der Waals surface area contributed by atoms with Gasteiger partial charge in [0.2, 0.25) is 5.91 Å². The van der Waals surface area contributed by atoms with E-state index in [0.717, 1.165) is 6.92 Å². The minimum absolute atomic E-state index is 0.765. The van der Waals surface area contributed by atoms with Crippen molar-refractivity contribution in [1.29, 1.82) is 0 Å². The molecule has 4 aliphatic heterocycles. The van der Waals surface area contributed by atoms with Crippen molar-refractivity contribution in [2.45, 2.75) is 130 Å². The average Bonchev–Trinajstić information content (AvgIpc) is 3.06. The first kappa shape index (κ1) is 39.5. The first-order valence-corrected chi connectivity index (χ1v) is 15.1. The molecular weight excluding hydrogens is 662 g/mol. The molecule has 14 N–H and O–H groups in total. The van der Waals surface area contributed by atoms with Gasteiger partial charge in [-0.1, -0.05) is 0 Å². The lowest BCUT2D eigenvalue weighted by atomic mass is 9.94. The maximum atomic E-state index is 12.3. The summed E-state index contributed by atoms with van der Waals surface area (Å²) in [5, 5.41) is 136. The van der Waals surface area contributed by atoms with Crippen LogP contribution in [0.1, 0.15) is 6.92 Å². The Kier molecular flexibility index (Phi) is 13.8. The first-order chi connectivity index (χ1) is 22.7. The summed E-state index contributed by atoms with van der Waals surface area (Å²) in [6, 6.07) is -1.61. The zero-order valence-electron chi connectivity index (χ0n) is 25.5. The van der Waals surface area contributed by atoms with Crippen molar-refractivity contribution in [3.63, 3.8) is 0 Å². The van der Waals surface area contributed by atoms with Gasteiger partial charge in [-0.2, -0.15) is 0 Å².